The number of benzene rings is 1. The molecule has 5 rings (SSSR count). The fraction of sp³-hybridized carbons (Fsp3) is 0.433. The summed E-state index contributed by atoms with van der Waals surface area (Å²) >= 11 is 0. The summed E-state index contributed by atoms with van der Waals surface area (Å²) in [4.78, 5) is 40.4. The maximum atomic E-state index is 14.2. The lowest BCUT2D eigenvalue weighted by molar-refractivity contribution is -0.174. The van der Waals surface area contributed by atoms with Gasteiger partial charge in [0, 0.05) is 17.4 Å². The molecular formula is C30H32O8. The highest BCUT2D eigenvalue weighted by Gasteiger charge is 2.65. The molecule has 8 nitrogen and oxygen atoms in total. The van der Waals surface area contributed by atoms with Crippen molar-refractivity contribution in [2.24, 2.45) is 28.6 Å². The molecule has 2 fully saturated rings. The number of fused-ring (bicyclic) bond motifs is 3. The predicted octanol–water partition coefficient (Wildman–Crippen LogP) is 4.90. The van der Waals surface area contributed by atoms with Crippen molar-refractivity contribution in [3.05, 3.63) is 83.7 Å². The van der Waals surface area contributed by atoms with Crippen LogP contribution in [0.25, 0.3) is 0 Å². The SMILES string of the molecule is C=C1O[C@H](c2ccoc2)C[C@]2(C)[C@H]3C(=O)C(OC(=O)c4cccc(CO)c4)=C[C@@H](C(=O)OC)[C@]3(C)CC[C@@H]12. The Bertz CT molecular complexity index is 1310. The third kappa shape index (κ3) is 4.07. The highest BCUT2D eigenvalue weighted by molar-refractivity contribution is 6.03. The fourth-order valence-corrected chi connectivity index (χ4v) is 7.03. The highest BCUT2D eigenvalue weighted by atomic mass is 16.5. The summed E-state index contributed by atoms with van der Waals surface area (Å²) in [5.41, 5.74) is 0.172. The number of carbonyl (C=O) groups excluding carboxylic acids is 3. The maximum Gasteiger partial charge on any atom is 0.343 e. The van der Waals surface area contributed by atoms with E-state index in [4.69, 9.17) is 18.6 Å². The molecule has 0 amide bonds. The number of ketones is 1. The van der Waals surface area contributed by atoms with Gasteiger partial charge in [0.15, 0.2) is 5.76 Å². The molecule has 1 aliphatic heterocycles. The zero-order valence-electron chi connectivity index (χ0n) is 21.8. The summed E-state index contributed by atoms with van der Waals surface area (Å²) in [5, 5.41) is 9.45. The Morgan fingerprint density at radius 2 is 2.00 bits per heavy atom. The van der Waals surface area contributed by atoms with Gasteiger partial charge in [0.05, 0.1) is 43.5 Å². The number of aliphatic hydroxyl groups is 1. The number of furan rings is 1. The number of Topliss-reactive ketones (excluding diaryl/α,β-unsaturated/α-hetero) is 1. The Morgan fingerprint density at radius 3 is 2.68 bits per heavy atom. The van der Waals surface area contributed by atoms with E-state index in [1.807, 2.05) is 19.9 Å². The molecule has 0 unspecified atom stereocenters. The van der Waals surface area contributed by atoms with Crippen molar-refractivity contribution in [3.63, 3.8) is 0 Å². The molecular weight excluding hydrogens is 488 g/mol. The Kier molecular flexibility index (Phi) is 6.55. The van der Waals surface area contributed by atoms with E-state index in [0.29, 0.717) is 30.6 Å². The van der Waals surface area contributed by atoms with E-state index < -0.39 is 34.6 Å². The lowest BCUT2D eigenvalue weighted by Crippen LogP contribution is -2.60. The van der Waals surface area contributed by atoms with Crippen LogP contribution in [0.1, 0.15) is 60.7 Å². The molecule has 38 heavy (non-hydrogen) atoms. The van der Waals surface area contributed by atoms with Gasteiger partial charge in [0.1, 0.15) is 6.10 Å². The van der Waals surface area contributed by atoms with E-state index in [0.717, 1.165) is 5.56 Å². The van der Waals surface area contributed by atoms with Crippen molar-refractivity contribution in [3.8, 4) is 0 Å². The average molecular weight is 521 g/mol. The number of esters is 2. The van der Waals surface area contributed by atoms with Gasteiger partial charge in [-0.05, 0) is 59.9 Å². The summed E-state index contributed by atoms with van der Waals surface area (Å²) in [5.74, 6) is -2.69. The van der Waals surface area contributed by atoms with Crippen LogP contribution in [-0.2, 0) is 30.4 Å². The minimum atomic E-state index is -0.789. The zero-order valence-corrected chi connectivity index (χ0v) is 21.8. The van der Waals surface area contributed by atoms with Gasteiger partial charge in [0.2, 0.25) is 5.78 Å². The van der Waals surface area contributed by atoms with Crippen molar-refractivity contribution in [1.29, 1.82) is 0 Å². The summed E-state index contributed by atoms with van der Waals surface area (Å²) in [6.45, 7) is 7.96. The Hall–Kier alpha value is -3.65. The smallest absolute Gasteiger partial charge is 0.343 e. The topological polar surface area (TPSA) is 112 Å². The highest BCUT2D eigenvalue weighted by Crippen LogP contribution is 2.66. The van der Waals surface area contributed by atoms with Crippen LogP contribution in [0.3, 0.4) is 0 Å². The van der Waals surface area contributed by atoms with Crippen LogP contribution in [0.15, 0.2) is 71.4 Å². The summed E-state index contributed by atoms with van der Waals surface area (Å²) < 4.78 is 22.3. The van der Waals surface area contributed by atoms with Crippen LogP contribution in [0, 0.1) is 28.6 Å². The van der Waals surface area contributed by atoms with Gasteiger partial charge >= 0.3 is 11.9 Å². The molecule has 1 aromatic carbocycles. The van der Waals surface area contributed by atoms with Crippen molar-refractivity contribution >= 4 is 17.7 Å². The monoisotopic (exact) mass is 520 g/mol. The molecule has 2 aromatic rings. The van der Waals surface area contributed by atoms with Crippen LogP contribution in [0.5, 0.6) is 0 Å². The lowest BCUT2D eigenvalue weighted by Gasteiger charge is -2.60. The second-order valence-corrected chi connectivity index (χ2v) is 11.0. The van der Waals surface area contributed by atoms with Crippen LogP contribution in [-0.4, -0.2) is 29.9 Å². The number of allylic oxidation sites excluding steroid dienone is 2. The van der Waals surface area contributed by atoms with Crippen LogP contribution >= 0.6 is 0 Å². The average Bonchev–Trinajstić information content (AvgIpc) is 3.44. The first-order valence-electron chi connectivity index (χ1n) is 12.8. The van der Waals surface area contributed by atoms with Crippen LogP contribution in [0.4, 0.5) is 0 Å². The van der Waals surface area contributed by atoms with E-state index >= 15 is 0 Å². The molecule has 1 aromatic heterocycles. The molecule has 2 heterocycles. The number of rotatable bonds is 5. The van der Waals surface area contributed by atoms with Crippen LogP contribution < -0.4 is 0 Å². The van der Waals surface area contributed by atoms with Gasteiger partial charge in [-0.15, -0.1) is 0 Å². The second-order valence-electron chi connectivity index (χ2n) is 11.0. The number of methoxy groups -OCH3 is 1. The Balaban J connectivity index is 1.56. The van der Waals surface area contributed by atoms with E-state index in [1.54, 1.807) is 30.7 Å². The van der Waals surface area contributed by atoms with E-state index in [2.05, 4.69) is 6.58 Å². The molecule has 0 bridgehead atoms. The number of ether oxygens (including phenoxy) is 3. The van der Waals surface area contributed by atoms with Crippen molar-refractivity contribution in [2.45, 2.75) is 45.8 Å². The third-order valence-corrected chi connectivity index (χ3v) is 8.85. The molecule has 2 aliphatic carbocycles. The predicted molar refractivity (Wildman–Crippen MR) is 135 cm³/mol. The number of carbonyl (C=O) groups is 3. The standard InChI is InChI=1S/C30H32O8/c1-17-21-8-10-29(2)22(28(34)35-4)13-23(38-27(33)19-7-5-6-18(12-19)15-31)25(32)26(29)30(21,3)14-24(37-17)20-9-11-36-16-20/h5-7,9,11-13,16,21-22,24,26,31H,1,8,10,14-15H2,2-4H3/t21-,22-,24-,26-,29-,30-/m0/s1. The Labute approximate surface area is 221 Å². The van der Waals surface area contributed by atoms with Gasteiger partial charge in [-0.2, -0.15) is 0 Å². The normalized spacial score (nSPS) is 32.4. The molecule has 1 saturated heterocycles. The van der Waals surface area contributed by atoms with Crippen molar-refractivity contribution in [1.82, 2.24) is 0 Å². The van der Waals surface area contributed by atoms with Gasteiger partial charge in [-0.1, -0.05) is 32.6 Å². The number of aliphatic hydroxyl groups excluding tert-OH is 1. The fourth-order valence-electron chi connectivity index (χ4n) is 7.03. The number of hydrogen-bond acceptors (Lipinski definition) is 8. The molecule has 0 spiro atoms. The minimum absolute atomic E-state index is 0.123. The molecule has 1 N–H and O–H groups in total. The molecule has 6 atom stereocenters. The van der Waals surface area contributed by atoms with Crippen molar-refractivity contribution in [2.75, 3.05) is 7.11 Å². The minimum Gasteiger partial charge on any atom is -0.490 e. The molecule has 0 radical (unpaired) electrons. The summed E-state index contributed by atoms with van der Waals surface area (Å²) in [6, 6.07) is 8.19. The second kappa shape index (κ2) is 9.58. The molecule has 8 heteroatoms. The van der Waals surface area contributed by atoms with Gasteiger partial charge in [-0.25, -0.2) is 4.79 Å². The molecule has 1 saturated carbocycles. The molecule has 3 aliphatic rings. The van der Waals surface area contributed by atoms with Gasteiger partial charge in [0.25, 0.3) is 0 Å². The first kappa shape index (κ1) is 26.0. The molecule has 200 valence electrons. The van der Waals surface area contributed by atoms with Gasteiger partial charge < -0.3 is 23.7 Å². The van der Waals surface area contributed by atoms with E-state index in [9.17, 15) is 19.5 Å². The first-order chi connectivity index (χ1) is 18.1. The zero-order chi connectivity index (χ0) is 27.2. The van der Waals surface area contributed by atoms with Gasteiger partial charge in [-0.3, -0.25) is 9.59 Å². The quantitative estimate of drug-likeness (QED) is 0.554. The Morgan fingerprint density at radius 1 is 1.21 bits per heavy atom. The third-order valence-electron chi connectivity index (χ3n) is 8.85. The number of hydrogen-bond donors (Lipinski definition) is 1. The summed E-state index contributed by atoms with van der Waals surface area (Å²) in [6.07, 6.45) is 6.03. The largest absolute Gasteiger partial charge is 0.490 e. The lowest BCUT2D eigenvalue weighted by atomic mass is 9.44. The summed E-state index contributed by atoms with van der Waals surface area (Å²) in [7, 11) is 1.32. The maximum absolute atomic E-state index is 14.2. The van der Waals surface area contributed by atoms with E-state index in [1.165, 1.54) is 19.3 Å². The van der Waals surface area contributed by atoms with E-state index in [-0.39, 0.29) is 35.7 Å². The van der Waals surface area contributed by atoms with Crippen molar-refractivity contribution < 1.29 is 38.1 Å². The first-order valence-corrected chi connectivity index (χ1v) is 12.8. The van der Waals surface area contributed by atoms with Crippen LogP contribution in [0.2, 0.25) is 0 Å².